The molecule has 3 rings (SSSR count). The summed E-state index contributed by atoms with van der Waals surface area (Å²) in [5.41, 5.74) is 0. The molecule has 0 aromatic carbocycles. The van der Waals surface area contributed by atoms with Crippen LogP contribution in [0.4, 0.5) is 0 Å². The van der Waals surface area contributed by atoms with Crippen LogP contribution in [0.1, 0.15) is 43.8 Å². The quantitative estimate of drug-likeness (QED) is 0.857. The van der Waals surface area contributed by atoms with E-state index in [2.05, 4.69) is 20.8 Å². The number of aromatic nitrogens is 2. The Bertz CT molecular complexity index is 459. The Morgan fingerprint density at radius 3 is 3.05 bits per heavy atom. The summed E-state index contributed by atoms with van der Waals surface area (Å²) in [6, 6.07) is 0.537. The van der Waals surface area contributed by atoms with Crippen molar-refractivity contribution in [3.8, 4) is 0 Å². The maximum absolute atomic E-state index is 12.1. The van der Waals surface area contributed by atoms with Gasteiger partial charge in [-0.1, -0.05) is 18.0 Å². The molecule has 1 aromatic heterocycles. The fourth-order valence-electron chi connectivity index (χ4n) is 3.38. The Morgan fingerprint density at radius 1 is 1.45 bits per heavy atom. The van der Waals surface area contributed by atoms with Gasteiger partial charge in [-0.15, -0.1) is 0 Å². The summed E-state index contributed by atoms with van der Waals surface area (Å²) in [5, 5.41) is 10.3. The SMILES string of the molecule is Cc1nc(CCNC(=O)C2CC3CCCCC3N2)no1. The zero-order chi connectivity index (χ0) is 13.9. The van der Waals surface area contributed by atoms with Crippen molar-refractivity contribution in [2.24, 2.45) is 5.92 Å². The maximum atomic E-state index is 12.1. The molecule has 6 heteroatoms. The molecule has 0 spiro atoms. The standard InChI is InChI=1S/C14H22N4O2/c1-9-16-13(18-20-9)6-7-15-14(19)12-8-10-4-2-3-5-11(10)17-12/h10-12,17H,2-8H2,1H3,(H,15,19). The monoisotopic (exact) mass is 278 g/mol. The smallest absolute Gasteiger partial charge is 0.237 e. The Balaban J connectivity index is 1.43. The summed E-state index contributed by atoms with van der Waals surface area (Å²) in [7, 11) is 0. The first-order valence-corrected chi connectivity index (χ1v) is 7.55. The van der Waals surface area contributed by atoms with E-state index in [9.17, 15) is 4.79 Å². The van der Waals surface area contributed by atoms with E-state index in [1.807, 2.05) is 0 Å². The number of aryl methyl sites for hydroxylation is 1. The number of rotatable bonds is 4. The Morgan fingerprint density at radius 2 is 2.30 bits per heavy atom. The Labute approximate surface area is 118 Å². The van der Waals surface area contributed by atoms with Crippen molar-refractivity contribution in [3.63, 3.8) is 0 Å². The van der Waals surface area contributed by atoms with E-state index in [1.165, 1.54) is 25.7 Å². The summed E-state index contributed by atoms with van der Waals surface area (Å²) in [5.74, 6) is 2.02. The van der Waals surface area contributed by atoms with Crippen LogP contribution in [0, 0.1) is 12.8 Å². The molecule has 0 bridgehead atoms. The van der Waals surface area contributed by atoms with Crippen molar-refractivity contribution < 1.29 is 9.32 Å². The van der Waals surface area contributed by atoms with Crippen LogP contribution in [0.5, 0.6) is 0 Å². The van der Waals surface area contributed by atoms with E-state index < -0.39 is 0 Å². The highest BCUT2D eigenvalue weighted by Gasteiger charge is 2.37. The lowest BCUT2D eigenvalue weighted by Gasteiger charge is -2.24. The van der Waals surface area contributed by atoms with Crippen molar-refractivity contribution in [2.45, 2.75) is 57.5 Å². The number of nitrogens with zero attached hydrogens (tertiary/aromatic N) is 2. The zero-order valence-electron chi connectivity index (χ0n) is 11.9. The van der Waals surface area contributed by atoms with Gasteiger partial charge < -0.3 is 15.2 Å². The van der Waals surface area contributed by atoms with Gasteiger partial charge in [-0.3, -0.25) is 4.79 Å². The fraction of sp³-hybridized carbons (Fsp3) is 0.786. The second-order valence-electron chi connectivity index (χ2n) is 5.88. The van der Waals surface area contributed by atoms with Crippen LogP contribution in [0.25, 0.3) is 0 Å². The van der Waals surface area contributed by atoms with Gasteiger partial charge in [0.15, 0.2) is 5.82 Å². The number of carbonyl (C=O) groups excluding carboxylic acids is 1. The number of hydrogen-bond donors (Lipinski definition) is 2. The Kier molecular flexibility index (Phi) is 4.00. The first-order chi connectivity index (χ1) is 9.72. The molecule has 3 unspecified atom stereocenters. The van der Waals surface area contributed by atoms with E-state index >= 15 is 0 Å². The topological polar surface area (TPSA) is 80.0 Å². The summed E-state index contributed by atoms with van der Waals surface area (Å²) < 4.78 is 4.90. The summed E-state index contributed by atoms with van der Waals surface area (Å²) in [6.07, 6.45) is 6.69. The van der Waals surface area contributed by atoms with Crippen molar-refractivity contribution in [2.75, 3.05) is 6.54 Å². The van der Waals surface area contributed by atoms with Gasteiger partial charge in [0.2, 0.25) is 11.8 Å². The third kappa shape index (κ3) is 3.00. The summed E-state index contributed by atoms with van der Waals surface area (Å²) >= 11 is 0. The van der Waals surface area contributed by atoms with Gasteiger partial charge in [-0.25, -0.2) is 0 Å². The number of fused-ring (bicyclic) bond motifs is 1. The third-order valence-electron chi connectivity index (χ3n) is 4.40. The van der Waals surface area contributed by atoms with Crippen molar-refractivity contribution in [3.05, 3.63) is 11.7 Å². The van der Waals surface area contributed by atoms with Crippen LogP contribution >= 0.6 is 0 Å². The highest BCUT2D eigenvalue weighted by Crippen LogP contribution is 2.33. The second-order valence-corrected chi connectivity index (χ2v) is 5.88. The lowest BCUT2D eigenvalue weighted by molar-refractivity contribution is -0.122. The van der Waals surface area contributed by atoms with Crippen LogP contribution < -0.4 is 10.6 Å². The molecular weight excluding hydrogens is 256 g/mol. The molecule has 1 aromatic rings. The van der Waals surface area contributed by atoms with Crippen molar-refractivity contribution >= 4 is 5.91 Å². The third-order valence-corrected chi connectivity index (χ3v) is 4.40. The van der Waals surface area contributed by atoms with Gasteiger partial charge in [0.25, 0.3) is 0 Å². The molecular formula is C14H22N4O2. The van der Waals surface area contributed by atoms with Gasteiger partial charge in [0, 0.05) is 25.9 Å². The molecule has 1 aliphatic heterocycles. The van der Waals surface area contributed by atoms with E-state index in [1.54, 1.807) is 6.92 Å². The fourth-order valence-corrected chi connectivity index (χ4v) is 3.38. The number of hydrogen-bond acceptors (Lipinski definition) is 5. The van der Waals surface area contributed by atoms with E-state index in [0.29, 0.717) is 36.6 Å². The predicted molar refractivity (Wildman–Crippen MR) is 73.0 cm³/mol. The van der Waals surface area contributed by atoms with Gasteiger partial charge >= 0.3 is 0 Å². The molecule has 3 atom stereocenters. The average molecular weight is 278 g/mol. The van der Waals surface area contributed by atoms with Crippen LogP contribution in [-0.2, 0) is 11.2 Å². The molecule has 1 aliphatic carbocycles. The van der Waals surface area contributed by atoms with E-state index in [0.717, 1.165) is 6.42 Å². The van der Waals surface area contributed by atoms with Gasteiger partial charge in [0.1, 0.15) is 0 Å². The van der Waals surface area contributed by atoms with E-state index in [4.69, 9.17) is 4.52 Å². The molecule has 1 amide bonds. The number of carbonyl (C=O) groups is 1. The maximum Gasteiger partial charge on any atom is 0.237 e. The largest absolute Gasteiger partial charge is 0.354 e. The molecule has 1 saturated carbocycles. The zero-order valence-corrected chi connectivity index (χ0v) is 11.9. The van der Waals surface area contributed by atoms with Crippen LogP contribution in [-0.4, -0.2) is 34.7 Å². The molecule has 20 heavy (non-hydrogen) atoms. The van der Waals surface area contributed by atoms with Crippen molar-refractivity contribution in [1.29, 1.82) is 0 Å². The van der Waals surface area contributed by atoms with Crippen molar-refractivity contribution in [1.82, 2.24) is 20.8 Å². The second kappa shape index (κ2) is 5.91. The molecule has 110 valence electrons. The molecule has 1 saturated heterocycles. The predicted octanol–water partition coefficient (Wildman–Crippen LogP) is 0.957. The number of nitrogens with one attached hydrogen (secondary N) is 2. The summed E-state index contributed by atoms with van der Waals surface area (Å²) in [6.45, 7) is 2.32. The van der Waals surface area contributed by atoms with Gasteiger partial charge in [0.05, 0.1) is 6.04 Å². The van der Waals surface area contributed by atoms with Crippen LogP contribution in [0.3, 0.4) is 0 Å². The lowest BCUT2D eigenvalue weighted by Crippen LogP contribution is -2.43. The minimum atomic E-state index is -0.0184. The Hall–Kier alpha value is -1.43. The summed E-state index contributed by atoms with van der Waals surface area (Å²) in [4.78, 5) is 16.3. The molecule has 2 fully saturated rings. The van der Waals surface area contributed by atoms with Crippen LogP contribution in [0.2, 0.25) is 0 Å². The average Bonchev–Trinajstić information content (AvgIpc) is 3.04. The molecule has 2 heterocycles. The normalized spacial score (nSPS) is 29.1. The minimum absolute atomic E-state index is 0.0184. The number of amides is 1. The lowest BCUT2D eigenvalue weighted by atomic mass is 9.85. The van der Waals surface area contributed by atoms with Gasteiger partial charge in [-0.05, 0) is 25.2 Å². The molecule has 6 nitrogen and oxygen atoms in total. The minimum Gasteiger partial charge on any atom is -0.354 e. The highest BCUT2D eigenvalue weighted by molar-refractivity contribution is 5.82. The van der Waals surface area contributed by atoms with Crippen LogP contribution in [0.15, 0.2) is 4.52 Å². The molecule has 0 radical (unpaired) electrons. The molecule has 2 N–H and O–H groups in total. The van der Waals surface area contributed by atoms with E-state index in [-0.39, 0.29) is 11.9 Å². The van der Waals surface area contributed by atoms with Gasteiger partial charge in [-0.2, -0.15) is 4.98 Å². The first-order valence-electron chi connectivity index (χ1n) is 7.55. The first kappa shape index (κ1) is 13.5. The highest BCUT2D eigenvalue weighted by atomic mass is 16.5. The molecule has 2 aliphatic rings.